The predicted octanol–water partition coefficient (Wildman–Crippen LogP) is 2.58. The van der Waals surface area contributed by atoms with Crippen molar-refractivity contribution in [2.45, 2.75) is 31.8 Å². The molecule has 7 heteroatoms. The molecule has 2 saturated heterocycles. The van der Waals surface area contributed by atoms with Gasteiger partial charge in [-0.15, -0.1) is 0 Å². The molecule has 0 saturated carbocycles. The number of nitrogens with one attached hydrogen (secondary N) is 1. The monoisotopic (exact) mass is 420 g/mol. The van der Waals surface area contributed by atoms with Crippen LogP contribution in [0.3, 0.4) is 0 Å². The first-order valence-corrected chi connectivity index (χ1v) is 10.8. The molecule has 2 aromatic carbocycles. The number of carbonyl (C=O) groups excluding carboxylic acids is 3. The van der Waals surface area contributed by atoms with Crippen molar-refractivity contribution in [2.75, 3.05) is 31.1 Å². The molecule has 1 N–H and O–H groups in total. The predicted molar refractivity (Wildman–Crippen MR) is 118 cm³/mol. The van der Waals surface area contributed by atoms with Crippen molar-refractivity contribution in [3.63, 3.8) is 0 Å². The van der Waals surface area contributed by atoms with Gasteiger partial charge in [-0.05, 0) is 31.0 Å². The van der Waals surface area contributed by atoms with Crippen molar-refractivity contribution in [1.29, 1.82) is 0 Å². The number of piperazine rings is 1. The molecule has 4 rings (SSSR count). The summed E-state index contributed by atoms with van der Waals surface area (Å²) in [6.07, 6.45) is 0.377. The number of urea groups is 1. The number of hydrogen-bond acceptors (Lipinski definition) is 4. The highest BCUT2D eigenvalue weighted by atomic mass is 16.2. The van der Waals surface area contributed by atoms with Gasteiger partial charge in [0.2, 0.25) is 5.91 Å². The van der Waals surface area contributed by atoms with Crippen LogP contribution in [-0.4, -0.2) is 59.9 Å². The number of anilines is 1. The topological polar surface area (TPSA) is 73.0 Å². The third kappa shape index (κ3) is 3.76. The summed E-state index contributed by atoms with van der Waals surface area (Å²) in [5.41, 5.74) is 0.668. The fraction of sp³-hybridized carbons (Fsp3) is 0.375. The van der Waals surface area contributed by atoms with E-state index in [9.17, 15) is 14.4 Å². The molecule has 0 radical (unpaired) electrons. The summed E-state index contributed by atoms with van der Waals surface area (Å²) in [6.45, 7) is 6.08. The molecular weight excluding hydrogens is 392 g/mol. The van der Waals surface area contributed by atoms with Crippen molar-refractivity contribution in [1.82, 2.24) is 15.1 Å². The van der Waals surface area contributed by atoms with Gasteiger partial charge in [-0.3, -0.25) is 9.59 Å². The van der Waals surface area contributed by atoms with Gasteiger partial charge < -0.3 is 15.1 Å². The third-order valence-corrected chi connectivity index (χ3v) is 6.27. The van der Waals surface area contributed by atoms with E-state index >= 15 is 0 Å². The van der Waals surface area contributed by atoms with Gasteiger partial charge in [0, 0.05) is 31.9 Å². The van der Waals surface area contributed by atoms with E-state index in [4.69, 9.17) is 0 Å². The molecule has 4 amide bonds. The van der Waals surface area contributed by atoms with Crippen molar-refractivity contribution >= 4 is 23.5 Å². The van der Waals surface area contributed by atoms with E-state index in [1.54, 1.807) is 11.8 Å². The molecule has 2 aromatic rings. The van der Waals surface area contributed by atoms with Crippen LogP contribution in [0.2, 0.25) is 0 Å². The SMILES string of the molecule is CCC(C(=O)N1CCN(c2ccccc2)CC1)N1C(=O)NC(C)(c2ccccc2)C1=O. The smallest absolute Gasteiger partial charge is 0.326 e. The number of rotatable bonds is 5. The molecule has 0 aromatic heterocycles. The zero-order chi connectivity index (χ0) is 22.0. The quantitative estimate of drug-likeness (QED) is 0.755. The number of hydrogen-bond donors (Lipinski definition) is 1. The van der Waals surface area contributed by atoms with E-state index in [0.29, 0.717) is 38.2 Å². The van der Waals surface area contributed by atoms with Gasteiger partial charge >= 0.3 is 6.03 Å². The number of benzene rings is 2. The number of nitrogens with zero attached hydrogens (tertiary/aromatic N) is 3. The molecule has 0 spiro atoms. The highest BCUT2D eigenvalue weighted by Crippen LogP contribution is 2.31. The van der Waals surface area contributed by atoms with E-state index in [2.05, 4.69) is 22.3 Å². The number of carbonyl (C=O) groups is 3. The molecule has 2 heterocycles. The van der Waals surface area contributed by atoms with Crippen LogP contribution in [0.4, 0.5) is 10.5 Å². The lowest BCUT2D eigenvalue weighted by molar-refractivity contribution is -0.143. The molecule has 162 valence electrons. The van der Waals surface area contributed by atoms with Crippen molar-refractivity contribution < 1.29 is 14.4 Å². The molecule has 7 nitrogen and oxygen atoms in total. The summed E-state index contributed by atoms with van der Waals surface area (Å²) in [6, 6.07) is 17.9. The van der Waals surface area contributed by atoms with Gasteiger partial charge in [0.15, 0.2) is 0 Å². The lowest BCUT2D eigenvalue weighted by Gasteiger charge is -2.38. The van der Waals surface area contributed by atoms with Crippen molar-refractivity contribution in [2.24, 2.45) is 0 Å². The maximum atomic E-state index is 13.3. The van der Waals surface area contributed by atoms with Crippen LogP contribution in [0.15, 0.2) is 60.7 Å². The Morgan fingerprint density at radius 1 is 0.968 bits per heavy atom. The Hall–Kier alpha value is -3.35. The highest BCUT2D eigenvalue weighted by Gasteiger charge is 2.52. The first kappa shape index (κ1) is 20.9. The fourth-order valence-electron chi connectivity index (χ4n) is 4.41. The Morgan fingerprint density at radius 2 is 1.55 bits per heavy atom. The maximum Gasteiger partial charge on any atom is 0.326 e. The summed E-state index contributed by atoms with van der Waals surface area (Å²) in [5, 5.41) is 2.81. The van der Waals surface area contributed by atoms with E-state index in [-0.39, 0.29) is 11.8 Å². The summed E-state index contributed by atoms with van der Waals surface area (Å²) in [4.78, 5) is 44.6. The minimum absolute atomic E-state index is 0.170. The molecular formula is C24H28N4O3. The summed E-state index contributed by atoms with van der Waals surface area (Å²) >= 11 is 0. The largest absolute Gasteiger partial charge is 0.368 e. The lowest BCUT2D eigenvalue weighted by atomic mass is 9.91. The number of para-hydroxylation sites is 1. The van der Waals surface area contributed by atoms with Crippen LogP contribution < -0.4 is 10.2 Å². The van der Waals surface area contributed by atoms with Crippen molar-refractivity contribution in [3.05, 3.63) is 66.2 Å². The third-order valence-electron chi connectivity index (χ3n) is 6.27. The van der Waals surface area contributed by atoms with Gasteiger partial charge in [0.25, 0.3) is 5.91 Å². The second-order valence-electron chi connectivity index (χ2n) is 8.17. The van der Waals surface area contributed by atoms with Crippen LogP contribution >= 0.6 is 0 Å². The summed E-state index contributed by atoms with van der Waals surface area (Å²) in [5.74, 6) is -0.553. The van der Waals surface area contributed by atoms with Crippen LogP contribution in [0, 0.1) is 0 Å². The van der Waals surface area contributed by atoms with Crippen LogP contribution in [0.1, 0.15) is 25.8 Å². The van der Waals surface area contributed by atoms with Crippen LogP contribution in [-0.2, 0) is 15.1 Å². The summed E-state index contributed by atoms with van der Waals surface area (Å²) < 4.78 is 0. The van der Waals surface area contributed by atoms with Gasteiger partial charge in [-0.2, -0.15) is 0 Å². The minimum Gasteiger partial charge on any atom is -0.368 e. The Bertz CT molecular complexity index is 957. The molecule has 0 aliphatic carbocycles. The zero-order valence-electron chi connectivity index (χ0n) is 18.0. The molecule has 31 heavy (non-hydrogen) atoms. The maximum absolute atomic E-state index is 13.3. The molecule has 0 bridgehead atoms. The lowest BCUT2D eigenvalue weighted by Crippen LogP contribution is -2.56. The molecule has 2 aliphatic rings. The van der Waals surface area contributed by atoms with E-state index in [1.165, 1.54) is 0 Å². The Labute approximate surface area is 182 Å². The van der Waals surface area contributed by atoms with Gasteiger partial charge in [-0.25, -0.2) is 9.69 Å². The molecule has 2 unspecified atom stereocenters. The van der Waals surface area contributed by atoms with Crippen molar-refractivity contribution in [3.8, 4) is 0 Å². The van der Waals surface area contributed by atoms with Crippen LogP contribution in [0.25, 0.3) is 0 Å². The first-order chi connectivity index (χ1) is 15.0. The zero-order valence-corrected chi connectivity index (χ0v) is 18.0. The van der Waals surface area contributed by atoms with E-state index in [0.717, 1.165) is 10.6 Å². The van der Waals surface area contributed by atoms with E-state index < -0.39 is 17.6 Å². The Morgan fingerprint density at radius 3 is 2.13 bits per heavy atom. The molecule has 2 atom stereocenters. The normalized spacial score (nSPS) is 22.5. The Kier molecular flexibility index (Phi) is 5.67. The summed E-state index contributed by atoms with van der Waals surface area (Å²) in [7, 11) is 0. The number of amides is 4. The van der Waals surface area contributed by atoms with Gasteiger partial charge in [-0.1, -0.05) is 55.5 Å². The first-order valence-electron chi connectivity index (χ1n) is 10.8. The Balaban J connectivity index is 1.48. The minimum atomic E-state index is -1.17. The van der Waals surface area contributed by atoms with Gasteiger partial charge in [0.1, 0.15) is 11.6 Å². The fourth-order valence-corrected chi connectivity index (χ4v) is 4.41. The average molecular weight is 421 g/mol. The second-order valence-corrected chi connectivity index (χ2v) is 8.17. The average Bonchev–Trinajstić information content (AvgIpc) is 3.05. The highest BCUT2D eigenvalue weighted by molar-refractivity contribution is 6.10. The molecule has 2 aliphatic heterocycles. The standard InChI is InChI=1S/C24H28N4O3/c1-3-20(21(29)27-16-14-26(15-17-27)19-12-8-5-9-13-19)28-22(30)24(2,25-23(28)31)18-10-6-4-7-11-18/h4-13,20H,3,14-17H2,1-2H3,(H,25,31). The second kappa shape index (κ2) is 8.41. The van der Waals surface area contributed by atoms with E-state index in [1.807, 2.05) is 55.5 Å². The van der Waals surface area contributed by atoms with Gasteiger partial charge in [0.05, 0.1) is 0 Å². The number of imide groups is 1. The van der Waals surface area contributed by atoms with Crippen LogP contribution in [0.5, 0.6) is 0 Å². The molecule has 2 fully saturated rings.